The third kappa shape index (κ3) is 2.67. The molecule has 0 unspecified atom stereocenters. The minimum absolute atomic E-state index is 0.126. The van der Waals surface area contributed by atoms with Crippen LogP contribution in [0, 0.1) is 0 Å². The zero-order valence-corrected chi connectivity index (χ0v) is 9.67. The smallest absolute Gasteiger partial charge is 0.142 e. The van der Waals surface area contributed by atoms with Crippen LogP contribution in [0.25, 0.3) is 6.08 Å². The van der Waals surface area contributed by atoms with Crippen LogP contribution in [0.4, 0.5) is 0 Å². The second kappa shape index (κ2) is 4.58. The fraction of sp³-hybridized carbons (Fsp3) is 0. The summed E-state index contributed by atoms with van der Waals surface area (Å²) in [6, 6.07) is 3.45. The van der Waals surface area contributed by atoms with Crippen molar-refractivity contribution in [1.82, 2.24) is 0 Å². The lowest BCUT2D eigenvalue weighted by Crippen LogP contribution is -1.78. The normalized spacial score (nSPS) is 10.6. The van der Waals surface area contributed by atoms with Gasteiger partial charge in [-0.25, -0.2) is 0 Å². The number of phenolic OH excluding ortho intramolecular Hbond substituents is 1. The minimum atomic E-state index is 0.126. The summed E-state index contributed by atoms with van der Waals surface area (Å²) in [4.78, 5) is 10.1. The van der Waals surface area contributed by atoms with E-state index in [0.29, 0.717) is 16.3 Å². The average Bonchev–Trinajstić information content (AvgIpc) is 2.09. The number of rotatable bonds is 2. The summed E-state index contributed by atoms with van der Waals surface area (Å²) in [7, 11) is 0. The van der Waals surface area contributed by atoms with E-state index in [9.17, 15) is 9.90 Å². The SMILES string of the molecule is O=C/C=C/c1cc(Br)cc(Br)c1O. The molecule has 0 aromatic heterocycles. The quantitative estimate of drug-likeness (QED) is 0.673. The van der Waals surface area contributed by atoms with Crippen molar-refractivity contribution in [1.29, 1.82) is 0 Å². The van der Waals surface area contributed by atoms with Crippen LogP contribution in [0.15, 0.2) is 27.2 Å². The van der Waals surface area contributed by atoms with Crippen molar-refractivity contribution in [2.24, 2.45) is 0 Å². The molecule has 0 saturated heterocycles. The molecule has 0 amide bonds. The van der Waals surface area contributed by atoms with Gasteiger partial charge in [0, 0.05) is 10.0 Å². The number of benzene rings is 1. The summed E-state index contributed by atoms with van der Waals surface area (Å²) in [5.74, 6) is 0.126. The topological polar surface area (TPSA) is 37.3 Å². The molecule has 1 aromatic carbocycles. The molecule has 1 aromatic rings. The van der Waals surface area contributed by atoms with E-state index in [1.54, 1.807) is 12.1 Å². The lowest BCUT2D eigenvalue weighted by Gasteiger charge is -2.02. The number of aromatic hydroxyl groups is 1. The zero-order chi connectivity index (χ0) is 9.84. The van der Waals surface area contributed by atoms with Crippen LogP contribution in [-0.2, 0) is 4.79 Å². The second-order valence-electron chi connectivity index (χ2n) is 2.32. The van der Waals surface area contributed by atoms with Crippen LogP contribution in [0.2, 0.25) is 0 Å². The summed E-state index contributed by atoms with van der Waals surface area (Å²) in [6.07, 6.45) is 3.53. The second-order valence-corrected chi connectivity index (χ2v) is 4.09. The highest BCUT2D eigenvalue weighted by Gasteiger charge is 2.03. The first kappa shape index (κ1) is 10.5. The fourth-order valence-corrected chi connectivity index (χ4v) is 2.11. The van der Waals surface area contributed by atoms with Gasteiger partial charge in [-0.1, -0.05) is 15.9 Å². The van der Waals surface area contributed by atoms with Crippen molar-refractivity contribution in [2.75, 3.05) is 0 Å². The van der Waals surface area contributed by atoms with Crippen LogP contribution in [-0.4, -0.2) is 11.4 Å². The van der Waals surface area contributed by atoms with Gasteiger partial charge in [0.15, 0.2) is 0 Å². The molecule has 0 spiro atoms. The molecule has 68 valence electrons. The molecule has 0 aliphatic carbocycles. The van der Waals surface area contributed by atoms with Crippen molar-refractivity contribution in [3.05, 3.63) is 32.7 Å². The van der Waals surface area contributed by atoms with E-state index >= 15 is 0 Å². The van der Waals surface area contributed by atoms with Gasteiger partial charge in [0.2, 0.25) is 0 Å². The molecule has 0 aliphatic heterocycles. The standard InChI is InChI=1S/C9H6Br2O2/c10-7-4-6(2-1-3-12)9(13)8(11)5-7/h1-5,13H/b2-1+. The molecular formula is C9H6Br2O2. The van der Waals surface area contributed by atoms with Crippen LogP contribution >= 0.6 is 31.9 Å². The summed E-state index contributed by atoms with van der Waals surface area (Å²) in [5, 5.41) is 9.51. The summed E-state index contributed by atoms with van der Waals surface area (Å²) in [5.41, 5.74) is 0.591. The van der Waals surface area contributed by atoms with Gasteiger partial charge < -0.3 is 5.11 Å². The molecule has 0 atom stereocenters. The first-order valence-electron chi connectivity index (χ1n) is 3.45. The maximum atomic E-state index is 10.1. The molecule has 2 nitrogen and oxygen atoms in total. The van der Waals surface area contributed by atoms with E-state index in [-0.39, 0.29) is 5.75 Å². The first-order chi connectivity index (χ1) is 6.15. The molecule has 1 rings (SSSR count). The molecule has 4 heteroatoms. The Morgan fingerprint density at radius 1 is 1.31 bits per heavy atom. The Morgan fingerprint density at radius 2 is 2.00 bits per heavy atom. The largest absolute Gasteiger partial charge is 0.506 e. The van der Waals surface area contributed by atoms with Gasteiger partial charge >= 0.3 is 0 Å². The lowest BCUT2D eigenvalue weighted by molar-refractivity contribution is -0.104. The van der Waals surface area contributed by atoms with Crippen molar-refractivity contribution in [3.8, 4) is 5.75 Å². The third-order valence-electron chi connectivity index (χ3n) is 1.41. The molecule has 0 heterocycles. The molecule has 0 saturated carbocycles. The molecule has 13 heavy (non-hydrogen) atoms. The van der Waals surface area contributed by atoms with E-state index in [0.717, 1.165) is 4.47 Å². The Bertz CT molecular complexity index is 359. The van der Waals surface area contributed by atoms with Gasteiger partial charge in [0.05, 0.1) is 4.47 Å². The Labute approximate surface area is 92.5 Å². The van der Waals surface area contributed by atoms with E-state index in [1.807, 2.05) is 0 Å². The van der Waals surface area contributed by atoms with Crippen molar-refractivity contribution >= 4 is 44.2 Å². The van der Waals surface area contributed by atoms with Crippen molar-refractivity contribution in [2.45, 2.75) is 0 Å². The number of hydrogen-bond acceptors (Lipinski definition) is 2. The number of hydrogen-bond donors (Lipinski definition) is 1. The Kier molecular flexibility index (Phi) is 3.69. The predicted molar refractivity (Wildman–Crippen MR) is 58.6 cm³/mol. The molecule has 0 bridgehead atoms. The summed E-state index contributed by atoms with van der Waals surface area (Å²) < 4.78 is 1.43. The highest BCUT2D eigenvalue weighted by atomic mass is 79.9. The summed E-state index contributed by atoms with van der Waals surface area (Å²) in [6.45, 7) is 0. The van der Waals surface area contributed by atoms with Crippen LogP contribution in [0.1, 0.15) is 5.56 Å². The monoisotopic (exact) mass is 304 g/mol. The van der Waals surface area contributed by atoms with Gasteiger partial charge in [-0.05, 0) is 40.2 Å². The Balaban J connectivity index is 3.19. The van der Waals surface area contributed by atoms with E-state index in [1.165, 1.54) is 12.2 Å². The van der Waals surface area contributed by atoms with E-state index < -0.39 is 0 Å². The number of aldehydes is 1. The lowest BCUT2D eigenvalue weighted by atomic mass is 10.2. The van der Waals surface area contributed by atoms with Crippen LogP contribution < -0.4 is 0 Å². The molecule has 1 N–H and O–H groups in total. The van der Waals surface area contributed by atoms with Gasteiger partial charge in [-0.2, -0.15) is 0 Å². The highest BCUT2D eigenvalue weighted by molar-refractivity contribution is 9.11. The van der Waals surface area contributed by atoms with Gasteiger partial charge in [0.1, 0.15) is 12.0 Å². The Hall–Kier alpha value is -0.610. The molecule has 0 aliphatic rings. The molecule has 0 radical (unpaired) electrons. The Morgan fingerprint density at radius 3 is 2.62 bits per heavy atom. The first-order valence-corrected chi connectivity index (χ1v) is 5.03. The maximum Gasteiger partial charge on any atom is 0.142 e. The average molecular weight is 306 g/mol. The zero-order valence-electron chi connectivity index (χ0n) is 6.50. The number of carbonyl (C=O) groups excluding carboxylic acids is 1. The summed E-state index contributed by atoms with van der Waals surface area (Å²) >= 11 is 6.46. The number of carbonyl (C=O) groups is 1. The van der Waals surface area contributed by atoms with Gasteiger partial charge in [0.25, 0.3) is 0 Å². The van der Waals surface area contributed by atoms with Crippen LogP contribution in [0.3, 0.4) is 0 Å². The number of phenols is 1. The number of allylic oxidation sites excluding steroid dienone is 1. The maximum absolute atomic E-state index is 10.1. The fourth-order valence-electron chi connectivity index (χ4n) is 0.856. The van der Waals surface area contributed by atoms with Crippen molar-refractivity contribution < 1.29 is 9.90 Å². The molecular weight excluding hydrogens is 300 g/mol. The van der Waals surface area contributed by atoms with Crippen molar-refractivity contribution in [3.63, 3.8) is 0 Å². The third-order valence-corrected chi connectivity index (χ3v) is 2.47. The number of halogens is 2. The van der Waals surface area contributed by atoms with Gasteiger partial charge in [-0.15, -0.1) is 0 Å². The minimum Gasteiger partial charge on any atom is -0.506 e. The highest BCUT2D eigenvalue weighted by Crippen LogP contribution is 2.32. The van der Waals surface area contributed by atoms with Crippen LogP contribution in [0.5, 0.6) is 5.75 Å². The van der Waals surface area contributed by atoms with Gasteiger partial charge in [-0.3, -0.25) is 4.79 Å². The predicted octanol–water partition coefficient (Wildman–Crippen LogP) is 3.13. The van der Waals surface area contributed by atoms with E-state index in [4.69, 9.17) is 0 Å². The van der Waals surface area contributed by atoms with E-state index in [2.05, 4.69) is 31.9 Å². The molecule has 0 fully saturated rings.